The lowest BCUT2D eigenvalue weighted by molar-refractivity contribution is -0.139. The van der Waals surface area contributed by atoms with Crippen molar-refractivity contribution in [3.63, 3.8) is 0 Å². The van der Waals surface area contributed by atoms with E-state index in [-0.39, 0.29) is 12.5 Å². The van der Waals surface area contributed by atoms with Gasteiger partial charge in [0.25, 0.3) is 0 Å². The Morgan fingerprint density at radius 2 is 2.00 bits per heavy atom. The van der Waals surface area contributed by atoms with Gasteiger partial charge in [-0.3, -0.25) is 4.79 Å². The van der Waals surface area contributed by atoms with Crippen LogP contribution in [0.25, 0.3) is 0 Å². The van der Waals surface area contributed by atoms with Crippen molar-refractivity contribution in [2.75, 3.05) is 33.5 Å². The number of carboxylic acids is 1. The average Bonchev–Trinajstić information content (AvgIpc) is 2.15. The Morgan fingerprint density at radius 1 is 1.27 bits per heavy atom. The number of methoxy groups -OCH3 is 1. The van der Waals surface area contributed by atoms with E-state index in [1.54, 1.807) is 14.0 Å². The van der Waals surface area contributed by atoms with Gasteiger partial charge in [-0.2, -0.15) is 0 Å². The molecule has 0 aliphatic heterocycles. The quantitative estimate of drug-likeness (QED) is 0.554. The summed E-state index contributed by atoms with van der Waals surface area (Å²) in [7, 11) is 1.63. The summed E-state index contributed by atoms with van der Waals surface area (Å²) in [5.74, 6) is -0.834. The number of carboxylic acid groups (broad SMARTS) is 1. The van der Waals surface area contributed by atoms with Crippen molar-refractivity contribution in [2.45, 2.75) is 25.9 Å². The highest BCUT2D eigenvalue weighted by molar-refractivity contribution is 5.67. The second kappa shape index (κ2) is 9.89. The van der Waals surface area contributed by atoms with Crippen LogP contribution in [-0.2, 0) is 19.0 Å². The summed E-state index contributed by atoms with van der Waals surface area (Å²) in [5, 5.41) is 8.47. The first kappa shape index (κ1) is 14.3. The van der Waals surface area contributed by atoms with Gasteiger partial charge in [-0.15, -0.1) is 0 Å². The van der Waals surface area contributed by atoms with Gasteiger partial charge in [0, 0.05) is 20.3 Å². The fraction of sp³-hybridized carbons (Fsp3) is 0.900. The van der Waals surface area contributed by atoms with E-state index < -0.39 is 5.97 Å². The van der Waals surface area contributed by atoms with Crippen LogP contribution in [0.4, 0.5) is 0 Å². The van der Waals surface area contributed by atoms with Crippen LogP contribution in [0, 0.1) is 0 Å². The molecule has 5 heteroatoms. The molecule has 0 unspecified atom stereocenters. The van der Waals surface area contributed by atoms with E-state index >= 15 is 0 Å². The molecule has 0 aliphatic carbocycles. The van der Waals surface area contributed by atoms with Crippen LogP contribution in [-0.4, -0.2) is 50.7 Å². The zero-order valence-electron chi connectivity index (χ0n) is 9.40. The highest BCUT2D eigenvalue weighted by Crippen LogP contribution is 1.98. The second-order valence-corrected chi connectivity index (χ2v) is 3.24. The molecule has 0 aliphatic rings. The number of hydrogen-bond donors (Lipinski definition) is 1. The zero-order valence-corrected chi connectivity index (χ0v) is 9.40. The van der Waals surface area contributed by atoms with Crippen LogP contribution < -0.4 is 0 Å². The molecule has 0 saturated heterocycles. The molecule has 90 valence electrons. The van der Waals surface area contributed by atoms with Crippen molar-refractivity contribution in [1.29, 1.82) is 0 Å². The molecule has 0 amide bonds. The highest BCUT2D eigenvalue weighted by atomic mass is 16.5. The van der Waals surface area contributed by atoms with Crippen molar-refractivity contribution in [1.82, 2.24) is 0 Å². The second-order valence-electron chi connectivity index (χ2n) is 3.24. The van der Waals surface area contributed by atoms with E-state index in [1.807, 2.05) is 0 Å². The minimum absolute atomic E-state index is 0.0462. The average molecular weight is 220 g/mol. The Bertz CT molecular complexity index is 160. The largest absolute Gasteiger partial charge is 0.481 e. The first-order chi connectivity index (χ1) is 7.16. The van der Waals surface area contributed by atoms with Gasteiger partial charge in [-0.05, 0) is 13.3 Å². The molecule has 0 saturated carbocycles. The standard InChI is InChI=1S/C10H20O5/c1-9(8-10(11)12)15-5-3-4-14-7-6-13-2/h9H,3-8H2,1-2H3,(H,11,12)/t9-/m1/s1. The molecule has 1 atom stereocenters. The minimum Gasteiger partial charge on any atom is -0.481 e. The van der Waals surface area contributed by atoms with Crippen LogP contribution in [0.15, 0.2) is 0 Å². The summed E-state index contributed by atoms with van der Waals surface area (Å²) in [5.41, 5.74) is 0. The van der Waals surface area contributed by atoms with Crippen molar-refractivity contribution in [3.05, 3.63) is 0 Å². The van der Waals surface area contributed by atoms with E-state index in [9.17, 15) is 4.79 Å². The lowest BCUT2D eigenvalue weighted by atomic mass is 10.3. The normalized spacial score (nSPS) is 12.7. The van der Waals surface area contributed by atoms with Gasteiger partial charge in [-0.25, -0.2) is 0 Å². The molecule has 0 spiro atoms. The van der Waals surface area contributed by atoms with E-state index in [0.717, 1.165) is 6.42 Å². The Labute approximate surface area is 90.3 Å². The fourth-order valence-electron chi connectivity index (χ4n) is 0.995. The van der Waals surface area contributed by atoms with E-state index in [2.05, 4.69) is 0 Å². The van der Waals surface area contributed by atoms with Gasteiger partial charge in [-0.1, -0.05) is 0 Å². The Hall–Kier alpha value is -0.650. The summed E-state index contributed by atoms with van der Waals surface area (Å²) < 4.78 is 15.3. The Morgan fingerprint density at radius 3 is 2.60 bits per heavy atom. The molecule has 0 heterocycles. The fourth-order valence-corrected chi connectivity index (χ4v) is 0.995. The molecular formula is C10H20O5. The molecule has 15 heavy (non-hydrogen) atoms. The SMILES string of the molecule is COCCOCCCO[C@H](C)CC(=O)O. The molecular weight excluding hydrogens is 200 g/mol. The molecule has 0 rings (SSSR count). The predicted octanol–water partition coefficient (Wildman–Crippen LogP) is 0.919. The molecule has 0 aromatic heterocycles. The molecule has 0 aromatic rings. The van der Waals surface area contributed by atoms with E-state index in [1.165, 1.54) is 0 Å². The summed E-state index contributed by atoms with van der Waals surface area (Å²) in [4.78, 5) is 10.3. The van der Waals surface area contributed by atoms with Crippen LogP contribution >= 0.6 is 0 Å². The van der Waals surface area contributed by atoms with Crippen LogP contribution in [0.3, 0.4) is 0 Å². The summed E-state index contributed by atoms with van der Waals surface area (Å²) in [6.45, 7) is 4.07. The topological polar surface area (TPSA) is 65.0 Å². The summed E-state index contributed by atoms with van der Waals surface area (Å²) in [6, 6.07) is 0. The summed E-state index contributed by atoms with van der Waals surface area (Å²) >= 11 is 0. The van der Waals surface area contributed by atoms with Crippen LogP contribution in [0.5, 0.6) is 0 Å². The minimum atomic E-state index is -0.834. The third-order valence-electron chi connectivity index (χ3n) is 1.73. The smallest absolute Gasteiger partial charge is 0.305 e. The third kappa shape index (κ3) is 11.3. The zero-order chi connectivity index (χ0) is 11.5. The van der Waals surface area contributed by atoms with Gasteiger partial charge in [0.15, 0.2) is 0 Å². The lowest BCUT2D eigenvalue weighted by Gasteiger charge is -2.10. The highest BCUT2D eigenvalue weighted by Gasteiger charge is 2.06. The molecule has 5 nitrogen and oxygen atoms in total. The Kier molecular flexibility index (Phi) is 9.46. The number of rotatable bonds is 10. The van der Waals surface area contributed by atoms with E-state index in [0.29, 0.717) is 26.4 Å². The molecule has 0 aromatic carbocycles. The first-order valence-corrected chi connectivity index (χ1v) is 5.07. The van der Waals surface area contributed by atoms with Crippen LogP contribution in [0.1, 0.15) is 19.8 Å². The number of carbonyl (C=O) groups is 1. The van der Waals surface area contributed by atoms with Gasteiger partial charge in [0.2, 0.25) is 0 Å². The van der Waals surface area contributed by atoms with Crippen molar-refractivity contribution < 1.29 is 24.1 Å². The van der Waals surface area contributed by atoms with Crippen LogP contribution in [0.2, 0.25) is 0 Å². The van der Waals surface area contributed by atoms with Gasteiger partial charge in [0.1, 0.15) is 0 Å². The molecule has 0 radical (unpaired) electrons. The number of hydrogen-bond acceptors (Lipinski definition) is 4. The molecule has 0 fully saturated rings. The predicted molar refractivity (Wildman–Crippen MR) is 55.0 cm³/mol. The maximum Gasteiger partial charge on any atom is 0.305 e. The van der Waals surface area contributed by atoms with Gasteiger partial charge in [0.05, 0.1) is 25.7 Å². The van der Waals surface area contributed by atoms with Gasteiger partial charge >= 0.3 is 5.97 Å². The van der Waals surface area contributed by atoms with E-state index in [4.69, 9.17) is 19.3 Å². The number of ether oxygens (including phenoxy) is 3. The summed E-state index contributed by atoms with van der Waals surface area (Å²) in [6.07, 6.45) is 0.583. The molecule has 0 bridgehead atoms. The van der Waals surface area contributed by atoms with Gasteiger partial charge < -0.3 is 19.3 Å². The Balaban J connectivity index is 3.13. The third-order valence-corrected chi connectivity index (χ3v) is 1.73. The van der Waals surface area contributed by atoms with Crippen molar-refractivity contribution in [3.8, 4) is 0 Å². The first-order valence-electron chi connectivity index (χ1n) is 5.07. The molecule has 1 N–H and O–H groups in total. The van der Waals surface area contributed by atoms with Crippen molar-refractivity contribution in [2.24, 2.45) is 0 Å². The lowest BCUT2D eigenvalue weighted by Crippen LogP contribution is -2.15. The monoisotopic (exact) mass is 220 g/mol. The maximum atomic E-state index is 10.3. The van der Waals surface area contributed by atoms with Crippen molar-refractivity contribution >= 4 is 5.97 Å². The maximum absolute atomic E-state index is 10.3. The number of aliphatic carboxylic acids is 1.